The Labute approximate surface area is 83.9 Å². The highest BCUT2D eigenvalue weighted by Gasteiger charge is 2.12. The Morgan fingerprint density at radius 2 is 2.00 bits per heavy atom. The predicted octanol–water partition coefficient (Wildman–Crippen LogP) is 2.26. The van der Waals surface area contributed by atoms with Crippen molar-refractivity contribution in [2.75, 3.05) is 0 Å². The zero-order valence-electron chi connectivity index (χ0n) is 8.23. The number of rotatable bonds is 4. The zero-order valence-corrected chi connectivity index (χ0v) is 8.23. The maximum atomic E-state index is 11.3. The number of carbonyl (C=O) groups is 1. The van der Waals surface area contributed by atoms with Crippen molar-refractivity contribution in [1.29, 1.82) is 0 Å². The topological polar surface area (TPSA) is 37.3 Å². The molecule has 0 saturated carbocycles. The molecule has 0 aliphatic carbocycles. The molecular weight excluding hydrogens is 176 g/mol. The highest BCUT2D eigenvalue weighted by atomic mass is 16.3. The molecule has 1 N–H and O–H groups in total. The number of carbonyl (C=O) groups excluding carboxylic acids is 1. The minimum atomic E-state index is -0.722. The highest BCUT2D eigenvalue weighted by Crippen LogP contribution is 2.17. The Hall–Kier alpha value is -1.41. The Morgan fingerprint density at radius 3 is 2.50 bits per heavy atom. The summed E-state index contributed by atoms with van der Waals surface area (Å²) in [7, 11) is 0. The van der Waals surface area contributed by atoms with Crippen LogP contribution in [-0.2, 0) is 4.79 Å². The lowest BCUT2D eigenvalue weighted by molar-refractivity contribution is -0.117. The molecule has 2 nitrogen and oxygen atoms in total. The third-order valence-corrected chi connectivity index (χ3v) is 2.04. The van der Waals surface area contributed by atoms with Gasteiger partial charge in [0.25, 0.3) is 0 Å². The molecule has 1 aromatic carbocycles. The number of allylic oxidation sites excluding steroid dienone is 1. The monoisotopic (exact) mass is 190 g/mol. The van der Waals surface area contributed by atoms with Gasteiger partial charge in [0.2, 0.25) is 0 Å². The second kappa shape index (κ2) is 4.72. The molecule has 0 aromatic heterocycles. The van der Waals surface area contributed by atoms with E-state index < -0.39 is 6.10 Å². The van der Waals surface area contributed by atoms with Crippen molar-refractivity contribution in [2.45, 2.75) is 19.4 Å². The van der Waals surface area contributed by atoms with E-state index in [-0.39, 0.29) is 12.2 Å². The molecule has 0 aliphatic rings. The van der Waals surface area contributed by atoms with Crippen molar-refractivity contribution in [2.24, 2.45) is 0 Å². The average Bonchev–Trinajstić information content (AvgIpc) is 2.19. The molecule has 74 valence electrons. The molecule has 0 spiro atoms. The van der Waals surface area contributed by atoms with E-state index in [2.05, 4.69) is 6.58 Å². The summed E-state index contributed by atoms with van der Waals surface area (Å²) in [6.45, 7) is 5.19. The molecule has 0 aliphatic heterocycles. The van der Waals surface area contributed by atoms with E-state index in [1.807, 2.05) is 18.2 Å². The number of Topliss-reactive ketones (excluding diaryl/α,β-unsaturated/α-hetero) is 1. The normalized spacial score (nSPS) is 12.1. The molecule has 1 unspecified atom stereocenters. The van der Waals surface area contributed by atoms with Gasteiger partial charge in [0, 0.05) is 6.42 Å². The highest BCUT2D eigenvalue weighted by molar-refractivity contribution is 5.94. The fourth-order valence-corrected chi connectivity index (χ4v) is 1.14. The molecular formula is C12H14O2. The molecule has 14 heavy (non-hydrogen) atoms. The van der Waals surface area contributed by atoms with Crippen LogP contribution in [0, 0.1) is 0 Å². The van der Waals surface area contributed by atoms with Gasteiger partial charge in [-0.25, -0.2) is 0 Å². The van der Waals surface area contributed by atoms with E-state index in [0.29, 0.717) is 5.57 Å². The Bertz CT molecular complexity index is 327. The van der Waals surface area contributed by atoms with Gasteiger partial charge in [-0.3, -0.25) is 4.79 Å². The summed E-state index contributed by atoms with van der Waals surface area (Å²) in [4.78, 5) is 11.3. The number of hydrogen-bond acceptors (Lipinski definition) is 2. The van der Waals surface area contributed by atoms with Crippen LogP contribution in [0.1, 0.15) is 25.0 Å². The minimum absolute atomic E-state index is 0.0960. The van der Waals surface area contributed by atoms with Crippen LogP contribution in [0.25, 0.3) is 0 Å². The first kappa shape index (κ1) is 10.7. The second-order valence-corrected chi connectivity index (χ2v) is 3.33. The van der Waals surface area contributed by atoms with Crippen molar-refractivity contribution in [3.05, 3.63) is 48.0 Å². The van der Waals surface area contributed by atoms with Crippen molar-refractivity contribution in [1.82, 2.24) is 0 Å². The first-order valence-electron chi connectivity index (χ1n) is 4.53. The summed E-state index contributed by atoms with van der Waals surface area (Å²) >= 11 is 0. The summed E-state index contributed by atoms with van der Waals surface area (Å²) in [5.41, 5.74) is 1.25. The molecule has 0 amide bonds. The van der Waals surface area contributed by atoms with Crippen molar-refractivity contribution < 1.29 is 9.90 Å². The zero-order chi connectivity index (χ0) is 10.6. The van der Waals surface area contributed by atoms with Crippen LogP contribution in [0.4, 0.5) is 0 Å². The van der Waals surface area contributed by atoms with Crippen molar-refractivity contribution in [3.63, 3.8) is 0 Å². The summed E-state index contributed by atoms with van der Waals surface area (Å²) in [5, 5.41) is 9.68. The summed E-state index contributed by atoms with van der Waals surface area (Å²) in [6.07, 6.45) is -0.611. The molecule has 1 atom stereocenters. The van der Waals surface area contributed by atoms with Gasteiger partial charge in [0.15, 0.2) is 5.78 Å². The SMILES string of the molecule is C=C(C)C(=O)CC(O)c1ccccc1. The summed E-state index contributed by atoms with van der Waals surface area (Å²) in [5.74, 6) is -0.0960. The molecule has 0 bridgehead atoms. The first-order chi connectivity index (χ1) is 6.61. The van der Waals surface area contributed by atoms with Gasteiger partial charge >= 0.3 is 0 Å². The van der Waals surface area contributed by atoms with Gasteiger partial charge in [0.1, 0.15) is 0 Å². The van der Waals surface area contributed by atoms with Crippen LogP contribution < -0.4 is 0 Å². The van der Waals surface area contributed by atoms with E-state index >= 15 is 0 Å². The largest absolute Gasteiger partial charge is 0.388 e. The fourth-order valence-electron chi connectivity index (χ4n) is 1.14. The van der Waals surface area contributed by atoms with Gasteiger partial charge < -0.3 is 5.11 Å². The van der Waals surface area contributed by atoms with Crippen molar-refractivity contribution in [3.8, 4) is 0 Å². The molecule has 0 saturated heterocycles. The number of hydrogen-bond donors (Lipinski definition) is 1. The van der Waals surface area contributed by atoms with Crippen LogP contribution in [0.15, 0.2) is 42.5 Å². The smallest absolute Gasteiger partial charge is 0.160 e. The van der Waals surface area contributed by atoms with E-state index in [0.717, 1.165) is 5.56 Å². The molecule has 2 heteroatoms. The number of benzene rings is 1. The van der Waals surface area contributed by atoms with Gasteiger partial charge in [-0.05, 0) is 18.1 Å². The van der Waals surface area contributed by atoms with E-state index in [1.165, 1.54) is 0 Å². The first-order valence-corrected chi connectivity index (χ1v) is 4.53. The number of aliphatic hydroxyl groups is 1. The summed E-state index contributed by atoms with van der Waals surface area (Å²) in [6, 6.07) is 9.15. The summed E-state index contributed by atoms with van der Waals surface area (Å²) < 4.78 is 0. The standard InChI is InChI=1S/C12H14O2/c1-9(2)11(13)8-12(14)10-6-4-3-5-7-10/h3-7,12,14H,1,8H2,2H3. The predicted molar refractivity (Wildman–Crippen MR) is 55.8 cm³/mol. The van der Waals surface area contributed by atoms with Crippen LogP contribution in [0.2, 0.25) is 0 Å². The number of aliphatic hydroxyl groups excluding tert-OH is 1. The molecule has 0 fully saturated rings. The molecule has 0 radical (unpaired) electrons. The molecule has 1 rings (SSSR count). The Balaban J connectivity index is 2.64. The van der Waals surface area contributed by atoms with Crippen LogP contribution >= 0.6 is 0 Å². The lowest BCUT2D eigenvalue weighted by Crippen LogP contribution is -2.06. The lowest BCUT2D eigenvalue weighted by Gasteiger charge is -2.09. The molecule has 1 aromatic rings. The van der Waals surface area contributed by atoms with Crippen LogP contribution in [0.5, 0.6) is 0 Å². The van der Waals surface area contributed by atoms with Gasteiger partial charge in [-0.15, -0.1) is 0 Å². The molecule has 0 heterocycles. The third kappa shape index (κ3) is 2.82. The second-order valence-electron chi connectivity index (χ2n) is 3.33. The van der Waals surface area contributed by atoms with Crippen LogP contribution in [0.3, 0.4) is 0 Å². The number of ketones is 1. The van der Waals surface area contributed by atoms with Crippen LogP contribution in [-0.4, -0.2) is 10.9 Å². The van der Waals surface area contributed by atoms with E-state index in [1.54, 1.807) is 19.1 Å². The van der Waals surface area contributed by atoms with Gasteiger partial charge in [-0.2, -0.15) is 0 Å². The lowest BCUT2D eigenvalue weighted by atomic mass is 10.0. The quantitative estimate of drug-likeness (QED) is 0.739. The Morgan fingerprint density at radius 1 is 1.43 bits per heavy atom. The Kier molecular flexibility index (Phi) is 3.60. The third-order valence-electron chi connectivity index (χ3n) is 2.04. The minimum Gasteiger partial charge on any atom is -0.388 e. The fraction of sp³-hybridized carbons (Fsp3) is 0.250. The average molecular weight is 190 g/mol. The van der Waals surface area contributed by atoms with Gasteiger partial charge in [0.05, 0.1) is 6.10 Å². The van der Waals surface area contributed by atoms with E-state index in [4.69, 9.17) is 0 Å². The maximum absolute atomic E-state index is 11.3. The van der Waals surface area contributed by atoms with Crippen molar-refractivity contribution >= 4 is 5.78 Å². The van der Waals surface area contributed by atoms with E-state index in [9.17, 15) is 9.90 Å². The maximum Gasteiger partial charge on any atom is 0.160 e. The van der Waals surface area contributed by atoms with Gasteiger partial charge in [-0.1, -0.05) is 36.9 Å².